The molecule has 1 N–H and O–H groups in total. The van der Waals surface area contributed by atoms with Crippen LogP contribution in [0.3, 0.4) is 0 Å². The molecule has 0 spiro atoms. The Kier molecular flexibility index (Phi) is 4.03. The van der Waals surface area contributed by atoms with Crippen molar-refractivity contribution in [2.45, 2.75) is 64.9 Å². The standard InChI is InChI=1S/C19H26O6S/c1-18-8-7-12(20)9-11(18)3-4-13-14-5-6-16(21)19(14,2)10-15(17(13)18)25-26(22,23)24/h9,13-15,17H,3-8,10H2,1-2H3,(H,22,23,24)/t13-,14-,15-,17+,18-,19-/m0/s1. The van der Waals surface area contributed by atoms with Crippen molar-refractivity contribution < 1.29 is 26.7 Å². The summed E-state index contributed by atoms with van der Waals surface area (Å²) in [6.07, 6.45) is 5.43. The SMILES string of the molecule is C[C@]12CCC(=O)C=C1CC[C@@H]1[C@@H]2[C@@H](OS(=O)(=O)O)C[C@]2(C)C(=O)CC[C@@H]12. The molecule has 0 heterocycles. The first-order valence-electron chi connectivity index (χ1n) is 9.47. The van der Waals surface area contributed by atoms with Crippen molar-refractivity contribution in [3.05, 3.63) is 11.6 Å². The third-order valence-corrected chi connectivity index (χ3v) is 8.32. The summed E-state index contributed by atoms with van der Waals surface area (Å²) in [4.78, 5) is 24.5. The quantitative estimate of drug-likeness (QED) is 0.738. The van der Waals surface area contributed by atoms with Crippen molar-refractivity contribution >= 4 is 22.0 Å². The van der Waals surface area contributed by atoms with E-state index in [1.807, 2.05) is 6.92 Å². The smallest absolute Gasteiger partial charge is 0.299 e. The highest BCUT2D eigenvalue weighted by atomic mass is 32.3. The number of hydrogen-bond donors (Lipinski definition) is 1. The first-order chi connectivity index (χ1) is 12.0. The molecule has 0 radical (unpaired) electrons. The van der Waals surface area contributed by atoms with E-state index in [0.717, 1.165) is 24.8 Å². The van der Waals surface area contributed by atoms with E-state index in [4.69, 9.17) is 4.18 Å². The maximum Gasteiger partial charge on any atom is 0.397 e. The molecule has 0 saturated heterocycles. The highest BCUT2D eigenvalue weighted by Gasteiger charge is 2.63. The molecule has 4 rings (SSSR count). The predicted octanol–water partition coefficient (Wildman–Crippen LogP) is 2.89. The zero-order chi connectivity index (χ0) is 18.9. The summed E-state index contributed by atoms with van der Waals surface area (Å²) in [6.45, 7) is 4.03. The summed E-state index contributed by atoms with van der Waals surface area (Å²) in [7, 11) is -4.62. The van der Waals surface area contributed by atoms with E-state index < -0.39 is 21.9 Å². The molecule has 0 aliphatic heterocycles. The number of Topliss-reactive ketones (excluding diaryl/α,β-unsaturated/α-hetero) is 1. The summed E-state index contributed by atoms with van der Waals surface area (Å²) in [5.74, 6) is 0.580. The van der Waals surface area contributed by atoms with Crippen LogP contribution in [0.4, 0.5) is 0 Å². The third kappa shape index (κ3) is 2.62. The molecule has 26 heavy (non-hydrogen) atoms. The fourth-order valence-electron chi connectivity index (χ4n) is 6.67. The van der Waals surface area contributed by atoms with E-state index in [-0.39, 0.29) is 34.7 Å². The summed E-state index contributed by atoms with van der Waals surface area (Å²) >= 11 is 0. The molecule has 6 atom stereocenters. The number of hydrogen-bond acceptors (Lipinski definition) is 5. The van der Waals surface area contributed by atoms with E-state index in [9.17, 15) is 22.6 Å². The number of fused-ring (bicyclic) bond motifs is 5. The Morgan fingerprint density at radius 1 is 1.12 bits per heavy atom. The van der Waals surface area contributed by atoms with Gasteiger partial charge in [0.05, 0.1) is 6.10 Å². The van der Waals surface area contributed by atoms with Gasteiger partial charge in [-0.2, -0.15) is 8.42 Å². The number of carbonyl (C=O) groups excluding carboxylic acids is 2. The van der Waals surface area contributed by atoms with Crippen LogP contribution >= 0.6 is 0 Å². The first-order valence-corrected chi connectivity index (χ1v) is 10.8. The molecule has 0 aromatic carbocycles. The first kappa shape index (κ1) is 18.3. The lowest BCUT2D eigenvalue weighted by atomic mass is 9.46. The maximum absolute atomic E-state index is 12.6. The van der Waals surface area contributed by atoms with Crippen LogP contribution in [0.5, 0.6) is 0 Å². The van der Waals surface area contributed by atoms with Gasteiger partial charge in [0.15, 0.2) is 5.78 Å². The molecule has 6 nitrogen and oxygen atoms in total. The van der Waals surface area contributed by atoms with Gasteiger partial charge < -0.3 is 0 Å². The summed E-state index contributed by atoms with van der Waals surface area (Å²) in [5, 5.41) is 0. The van der Waals surface area contributed by atoms with Crippen LogP contribution in [-0.2, 0) is 24.2 Å². The summed E-state index contributed by atoms with van der Waals surface area (Å²) < 4.78 is 37.6. The Hall–Kier alpha value is -1.05. The van der Waals surface area contributed by atoms with Gasteiger partial charge >= 0.3 is 10.4 Å². The normalized spacial score (nSPS) is 45.6. The second kappa shape index (κ2) is 5.72. The minimum Gasteiger partial charge on any atom is -0.299 e. The van der Waals surface area contributed by atoms with Crippen molar-refractivity contribution in [1.29, 1.82) is 0 Å². The summed E-state index contributed by atoms with van der Waals surface area (Å²) in [6, 6.07) is 0. The van der Waals surface area contributed by atoms with Gasteiger partial charge in [0.1, 0.15) is 5.78 Å². The van der Waals surface area contributed by atoms with Gasteiger partial charge in [-0.25, -0.2) is 4.18 Å². The molecule has 0 unspecified atom stereocenters. The highest BCUT2D eigenvalue weighted by molar-refractivity contribution is 7.80. The second-order valence-electron chi connectivity index (χ2n) is 9.03. The lowest BCUT2D eigenvalue weighted by molar-refractivity contribution is -0.143. The van der Waals surface area contributed by atoms with Crippen LogP contribution in [0.15, 0.2) is 11.6 Å². The maximum atomic E-state index is 12.6. The monoisotopic (exact) mass is 382 g/mol. The lowest BCUT2D eigenvalue weighted by Crippen LogP contribution is -2.57. The van der Waals surface area contributed by atoms with E-state index in [1.165, 1.54) is 0 Å². The lowest BCUT2D eigenvalue weighted by Gasteiger charge is -2.58. The van der Waals surface area contributed by atoms with E-state index >= 15 is 0 Å². The topological polar surface area (TPSA) is 97.7 Å². The van der Waals surface area contributed by atoms with Crippen molar-refractivity contribution in [3.8, 4) is 0 Å². The molecule has 4 aliphatic rings. The minimum absolute atomic E-state index is 0.110. The van der Waals surface area contributed by atoms with Crippen LogP contribution in [-0.4, -0.2) is 30.6 Å². The van der Waals surface area contributed by atoms with Gasteiger partial charge in [-0.1, -0.05) is 19.4 Å². The Balaban J connectivity index is 1.80. The van der Waals surface area contributed by atoms with Crippen molar-refractivity contribution in [2.24, 2.45) is 28.6 Å². The molecule has 7 heteroatoms. The molecule has 0 aromatic heterocycles. The molecular weight excluding hydrogens is 356 g/mol. The van der Waals surface area contributed by atoms with Gasteiger partial charge in [0.2, 0.25) is 0 Å². The largest absolute Gasteiger partial charge is 0.397 e. The molecular formula is C19H26O6S. The average molecular weight is 382 g/mol. The molecule has 0 aromatic rings. The van der Waals surface area contributed by atoms with E-state index in [1.54, 1.807) is 6.08 Å². The number of ketones is 2. The number of allylic oxidation sites excluding steroid dienone is 1. The second-order valence-corrected chi connectivity index (χ2v) is 10.1. The zero-order valence-electron chi connectivity index (χ0n) is 15.2. The highest BCUT2D eigenvalue weighted by Crippen LogP contribution is 2.65. The fourth-order valence-corrected chi connectivity index (χ4v) is 7.17. The Morgan fingerprint density at radius 2 is 1.85 bits per heavy atom. The molecule has 0 amide bonds. The van der Waals surface area contributed by atoms with E-state index in [2.05, 4.69) is 6.92 Å². The third-order valence-electron chi connectivity index (χ3n) is 7.83. The van der Waals surface area contributed by atoms with Crippen LogP contribution in [0.1, 0.15) is 58.8 Å². The van der Waals surface area contributed by atoms with Crippen LogP contribution in [0.25, 0.3) is 0 Å². The molecule has 144 valence electrons. The fraction of sp³-hybridized carbons (Fsp3) is 0.789. The summed E-state index contributed by atoms with van der Waals surface area (Å²) in [5.41, 5.74) is 0.171. The molecule has 3 fully saturated rings. The number of carbonyl (C=O) groups is 2. The van der Waals surface area contributed by atoms with Crippen molar-refractivity contribution in [1.82, 2.24) is 0 Å². The van der Waals surface area contributed by atoms with Crippen LogP contribution in [0, 0.1) is 28.6 Å². The van der Waals surface area contributed by atoms with Gasteiger partial charge in [-0.05, 0) is 61.3 Å². The minimum atomic E-state index is -4.62. The average Bonchev–Trinajstić information content (AvgIpc) is 2.81. The number of rotatable bonds is 2. The van der Waals surface area contributed by atoms with Crippen molar-refractivity contribution in [3.63, 3.8) is 0 Å². The predicted molar refractivity (Wildman–Crippen MR) is 93.5 cm³/mol. The van der Waals surface area contributed by atoms with Gasteiger partial charge in [0, 0.05) is 18.3 Å². The Labute approximate surface area is 154 Å². The van der Waals surface area contributed by atoms with E-state index in [0.29, 0.717) is 25.7 Å². The van der Waals surface area contributed by atoms with Crippen LogP contribution < -0.4 is 0 Å². The van der Waals surface area contributed by atoms with Crippen molar-refractivity contribution in [2.75, 3.05) is 0 Å². The van der Waals surface area contributed by atoms with Gasteiger partial charge in [0.25, 0.3) is 0 Å². The zero-order valence-corrected chi connectivity index (χ0v) is 16.0. The molecule has 3 saturated carbocycles. The molecule has 0 bridgehead atoms. The Morgan fingerprint density at radius 3 is 2.54 bits per heavy atom. The Bertz CT molecular complexity index is 799. The van der Waals surface area contributed by atoms with Crippen LogP contribution in [0.2, 0.25) is 0 Å². The van der Waals surface area contributed by atoms with Gasteiger partial charge in [-0.15, -0.1) is 0 Å². The molecule has 4 aliphatic carbocycles. The van der Waals surface area contributed by atoms with Gasteiger partial charge in [-0.3, -0.25) is 14.1 Å².